The Labute approximate surface area is 137 Å². The Kier molecular flexibility index (Phi) is 4.42. The molecule has 0 aromatic carbocycles. The van der Waals surface area contributed by atoms with Gasteiger partial charge in [0.2, 0.25) is 5.91 Å². The second-order valence-electron chi connectivity index (χ2n) is 7.01. The first kappa shape index (κ1) is 15.8. The van der Waals surface area contributed by atoms with Gasteiger partial charge in [0.15, 0.2) is 0 Å². The molecule has 2 heterocycles. The highest BCUT2D eigenvalue weighted by Gasteiger charge is 2.50. The zero-order valence-electron chi connectivity index (χ0n) is 13.4. The maximum atomic E-state index is 12.5. The first-order valence-electron chi connectivity index (χ1n) is 8.03. The third-order valence-electron chi connectivity index (χ3n) is 5.28. The average Bonchev–Trinajstić information content (AvgIpc) is 3.06. The van der Waals surface area contributed by atoms with Crippen molar-refractivity contribution in [3.05, 3.63) is 29.0 Å². The number of pyridine rings is 1. The van der Waals surface area contributed by atoms with Crippen LogP contribution in [0.5, 0.6) is 0 Å². The molecule has 22 heavy (non-hydrogen) atoms. The molecule has 1 aliphatic carbocycles. The Balaban J connectivity index is 1.69. The normalized spacial score (nSPS) is 28.4. The molecule has 1 saturated heterocycles. The summed E-state index contributed by atoms with van der Waals surface area (Å²) in [5, 5.41) is 0.688. The van der Waals surface area contributed by atoms with Gasteiger partial charge in [0.05, 0.1) is 5.02 Å². The zero-order valence-corrected chi connectivity index (χ0v) is 14.1. The maximum absolute atomic E-state index is 12.5. The van der Waals surface area contributed by atoms with E-state index in [9.17, 15) is 4.79 Å². The van der Waals surface area contributed by atoms with E-state index in [1.165, 1.54) is 12.8 Å². The summed E-state index contributed by atoms with van der Waals surface area (Å²) in [4.78, 5) is 20.9. The molecule has 5 heteroatoms. The smallest absolute Gasteiger partial charge is 0.225 e. The summed E-state index contributed by atoms with van der Waals surface area (Å²) in [6.07, 6.45) is 8.08. The number of hydrogen-bond acceptors (Lipinski definition) is 3. The lowest BCUT2D eigenvalue weighted by Gasteiger charge is -2.32. The Hall–Kier alpha value is -1.13. The molecule has 0 bridgehead atoms. The molecule has 3 rings (SSSR count). The monoisotopic (exact) mass is 321 g/mol. The largest absolute Gasteiger partial charge is 0.349 e. The number of rotatable bonds is 3. The third kappa shape index (κ3) is 2.99. The van der Waals surface area contributed by atoms with Crippen LogP contribution in [0.1, 0.15) is 31.2 Å². The van der Waals surface area contributed by atoms with Crippen molar-refractivity contribution >= 4 is 17.5 Å². The second-order valence-corrected chi connectivity index (χ2v) is 7.45. The van der Waals surface area contributed by atoms with E-state index in [-0.39, 0.29) is 11.3 Å². The van der Waals surface area contributed by atoms with E-state index in [2.05, 4.69) is 9.88 Å². The van der Waals surface area contributed by atoms with E-state index in [0.717, 1.165) is 38.0 Å². The summed E-state index contributed by atoms with van der Waals surface area (Å²) >= 11 is 6.02. The molecule has 0 unspecified atom stereocenters. The molecular formula is C17H24ClN3O. The van der Waals surface area contributed by atoms with Gasteiger partial charge in [0, 0.05) is 45.5 Å². The lowest BCUT2D eigenvalue weighted by molar-refractivity contribution is -0.136. The van der Waals surface area contributed by atoms with Gasteiger partial charge in [-0.25, -0.2) is 0 Å². The average molecular weight is 322 g/mol. The minimum Gasteiger partial charge on any atom is -0.349 e. The van der Waals surface area contributed by atoms with Crippen LogP contribution in [0.4, 0.5) is 0 Å². The van der Waals surface area contributed by atoms with Crippen LogP contribution in [-0.2, 0) is 11.3 Å². The number of aromatic nitrogens is 1. The predicted molar refractivity (Wildman–Crippen MR) is 87.6 cm³/mol. The van der Waals surface area contributed by atoms with Crippen molar-refractivity contribution in [2.45, 2.75) is 32.2 Å². The molecular weight excluding hydrogens is 298 g/mol. The van der Waals surface area contributed by atoms with Crippen LogP contribution < -0.4 is 0 Å². The van der Waals surface area contributed by atoms with E-state index in [0.29, 0.717) is 10.9 Å². The topological polar surface area (TPSA) is 36.4 Å². The van der Waals surface area contributed by atoms with Crippen molar-refractivity contribution in [3.63, 3.8) is 0 Å². The standard InChI is InChI=1S/C17H24ClN3O/c1-20(2)16(22)15-4-3-5-17(15)6-7-21(12-17)11-13-8-14(18)10-19-9-13/h8-10,15H,3-7,11-12H2,1-2H3/t15-,17-/m1/s1. The molecule has 1 saturated carbocycles. The number of nitrogens with zero attached hydrogens (tertiary/aromatic N) is 3. The molecule has 2 fully saturated rings. The van der Waals surface area contributed by atoms with Crippen molar-refractivity contribution in [1.29, 1.82) is 0 Å². The van der Waals surface area contributed by atoms with Crippen LogP contribution in [0, 0.1) is 11.3 Å². The Morgan fingerprint density at radius 1 is 1.45 bits per heavy atom. The molecule has 120 valence electrons. The summed E-state index contributed by atoms with van der Waals surface area (Å²) in [6.45, 7) is 2.95. The van der Waals surface area contributed by atoms with Crippen LogP contribution in [-0.4, -0.2) is 47.9 Å². The summed E-state index contributed by atoms with van der Waals surface area (Å²) in [6, 6.07) is 1.98. The third-order valence-corrected chi connectivity index (χ3v) is 5.48. The molecule has 0 radical (unpaired) electrons. The molecule has 0 N–H and O–H groups in total. The zero-order chi connectivity index (χ0) is 15.7. The quantitative estimate of drug-likeness (QED) is 0.859. The van der Waals surface area contributed by atoms with Crippen molar-refractivity contribution in [1.82, 2.24) is 14.8 Å². The van der Waals surface area contributed by atoms with E-state index in [1.54, 1.807) is 11.1 Å². The molecule has 1 amide bonds. The molecule has 2 atom stereocenters. The molecule has 2 aliphatic rings. The Bertz CT molecular complexity index is 563. The van der Waals surface area contributed by atoms with Gasteiger partial charge in [-0.3, -0.25) is 14.7 Å². The first-order chi connectivity index (χ1) is 10.5. The molecule has 1 spiro atoms. The predicted octanol–water partition coefficient (Wildman–Crippen LogP) is 2.82. The minimum atomic E-state index is 0.188. The Morgan fingerprint density at radius 3 is 3.00 bits per heavy atom. The van der Waals surface area contributed by atoms with Crippen molar-refractivity contribution < 1.29 is 4.79 Å². The van der Waals surface area contributed by atoms with Crippen LogP contribution in [0.2, 0.25) is 5.02 Å². The fourth-order valence-electron chi connectivity index (χ4n) is 4.24. The highest BCUT2D eigenvalue weighted by molar-refractivity contribution is 6.30. The van der Waals surface area contributed by atoms with Crippen molar-refractivity contribution in [3.8, 4) is 0 Å². The van der Waals surface area contributed by atoms with Crippen LogP contribution in [0.3, 0.4) is 0 Å². The number of halogens is 1. The lowest BCUT2D eigenvalue weighted by atomic mass is 9.76. The second kappa shape index (κ2) is 6.17. The summed E-state index contributed by atoms with van der Waals surface area (Å²) in [5.74, 6) is 0.508. The molecule has 1 aromatic heterocycles. The van der Waals surface area contributed by atoms with Gasteiger partial charge >= 0.3 is 0 Å². The molecule has 1 aliphatic heterocycles. The summed E-state index contributed by atoms with van der Waals surface area (Å²) in [7, 11) is 3.75. The summed E-state index contributed by atoms with van der Waals surface area (Å²) in [5.41, 5.74) is 1.34. The fraction of sp³-hybridized carbons (Fsp3) is 0.647. The first-order valence-corrected chi connectivity index (χ1v) is 8.41. The number of amides is 1. The van der Waals surface area contributed by atoms with E-state index in [1.807, 2.05) is 26.4 Å². The van der Waals surface area contributed by atoms with Gasteiger partial charge in [0.1, 0.15) is 0 Å². The van der Waals surface area contributed by atoms with Gasteiger partial charge in [-0.1, -0.05) is 18.0 Å². The maximum Gasteiger partial charge on any atom is 0.225 e. The minimum absolute atomic E-state index is 0.188. The molecule has 1 aromatic rings. The van der Waals surface area contributed by atoms with E-state index >= 15 is 0 Å². The SMILES string of the molecule is CN(C)C(=O)[C@H]1CCC[C@]12CCN(Cc1cncc(Cl)c1)C2. The van der Waals surface area contributed by atoms with E-state index in [4.69, 9.17) is 11.6 Å². The van der Waals surface area contributed by atoms with E-state index < -0.39 is 0 Å². The highest BCUT2D eigenvalue weighted by Crippen LogP contribution is 2.50. The number of carbonyl (C=O) groups is 1. The van der Waals surface area contributed by atoms with Gasteiger partial charge < -0.3 is 4.90 Å². The number of hydrogen-bond donors (Lipinski definition) is 0. The highest BCUT2D eigenvalue weighted by atomic mass is 35.5. The summed E-state index contributed by atoms with van der Waals surface area (Å²) < 4.78 is 0. The van der Waals surface area contributed by atoms with Crippen LogP contribution in [0.15, 0.2) is 18.5 Å². The molecule has 4 nitrogen and oxygen atoms in total. The van der Waals surface area contributed by atoms with Gasteiger partial charge in [-0.2, -0.15) is 0 Å². The number of carbonyl (C=O) groups excluding carboxylic acids is 1. The Morgan fingerprint density at radius 2 is 2.27 bits per heavy atom. The van der Waals surface area contributed by atoms with Crippen LogP contribution in [0.25, 0.3) is 0 Å². The fourth-order valence-corrected chi connectivity index (χ4v) is 4.44. The lowest BCUT2D eigenvalue weighted by Crippen LogP contribution is -2.40. The van der Waals surface area contributed by atoms with Gasteiger partial charge in [0.25, 0.3) is 0 Å². The van der Waals surface area contributed by atoms with Crippen LogP contribution >= 0.6 is 11.6 Å². The number of likely N-dealkylation sites (tertiary alicyclic amines) is 1. The van der Waals surface area contributed by atoms with Crippen molar-refractivity contribution in [2.24, 2.45) is 11.3 Å². The van der Waals surface area contributed by atoms with Gasteiger partial charge in [-0.15, -0.1) is 0 Å². The van der Waals surface area contributed by atoms with Crippen molar-refractivity contribution in [2.75, 3.05) is 27.2 Å². The van der Waals surface area contributed by atoms with Gasteiger partial charge in [-0.05, 0) is 42.9 Å².